The molecule has 4 unspecified atom stereocenters. The van der Waals surface area contributed by atoms with Crippen LogP contribution in [0, 0.1) is 30.6 Å². The fourth-order valence-corrected chi connectivity index (χ4v) is 9.27. The van der Waals surface area contributed by atoms with Gasteiger partial charge in [-0.15, -0.1) is 0 Å². The molecule has 2 saturated carbocycles. The number of amides is 4. The van der Waals surface area contributed by atoms with Crippen LogP contribution in [0.5, 0.6) is 0 Å². The fraction of sp³-hybridized carbons (Fsp3) is 0.488. The van der Waals surface area contributed by atoms with E-state index in [1.165, 1.54) is 19.2 Å². The predicted octanol–water partition coefficient (Wildman–Crippen LogP) is 7.12. The number of imidazole rings is 2. The van der Waals surface area contributed by atoms with Crippen molar-refractivity contribution < 1.29 is 28.7 Å². The van der Waals surface area contributed by atoms with Crippen LogP contribution >= 0.6 is 0 Å². The quantitative estimate of drug-likeness (QED) is 0.123. The topological polar surface area (TPSA) is 175 Å². The van der Waals surface area contributed by atoms with Crippen molar-refractivity contribution in [3.8, 4) is 33.6 Å². The Morgan fingerprint density at radius 1 is 0.825 bits per heavy atom. The average molecular weight is 779 g/mol. The fourth-order valence-electron chi connectivity index (χ4n) is 9.27. The first kappa shape index (κ1) is 39.6. The van der Waals surface area contributed by atoms with E-state index in [1.54, 1.807) is 0 Å². The van der Waals surface area contributed by atoms with Gasteiger partial charge in [0.15, 0.2) is 0 Å². The number of aromatic amines is 2. The van der Waals surface area contributed by atoms with Gasteiger partial charge in [-0.05, 0) is 105 Å². The van der Waals surface area contributed by atoms with E-state index in [2.05, 4.69) is 70.1 Å². The van der Waals surface area contributed by atoms with E-state index in [4.69, 9.17) is 19.4 Å². The molecular weight excluding hydrogens is 725 g/mol. The molecule has 4 amide bonds. The minimum absolute atomic E-state index is 0.0516. The molecule has 14 nitrogen and oxygen atoms in total. The number of aryl methyl sites for hydroxylation is 1. The molecule has 2 aliphatic carbocycles. The van der Waals surface area contributed by atoms with Crippen molar-refractivity contribution in [2.45, 2.75) is 90.8 Å². The van der Waals surface area contributed by atoms with Crippen molar-refractivity contribution in [2.24, 2.45) is 23.7 Å². The second-order valence-corrected chi connectivity index (χ2v) is 16.3. The number of hydrogen-bond donors (Lipinski definition) is 4. The number of methoxy groups -OCH3 is 2. The van der Waals surface area contributed by atoms with Gasteiger partial charge in [-0.2, -0.15) is 0 Å². The third-order valence-electron chi connectivity index (χ3n) is 12.1. The van der Waals surface area contributed by atoms with Crippen LogP contribution in [0.3, 0.4) is 0 Å². The molecule has 2 aromatic carbocycles. The SMILES string of the molecule is COC(=O)N[C@H](C(=O)N1CCC[C@H]1c1ncc(-c2ccc(-c3ccc(-c4cnc(C5C6CCC(C6)C5C(=O)N(NC(=O)OC)C(C)C)[nH]4)cc3)c(C)c2)[nH]1)C(C)C. The van der Waals surface area contributed by atoms with Crippen molar-refractivity contribution >= 4 is 24.0 Å². The molecule has 3 fully saturated rings. The maximum absolute atomic E-state index is 13.9. The number of H-pyrrole nitrogens is 2. The smallest absolute Gasteiger partial charge is 0.425 e. The largest absolute Gasteiger partial charge is 0.453 e. The number of carbonyl (C=O) groups is 4. The van der Waals surface area contributed by atoms with Gasteiger partial charge < -0.3 is 29.7 Å². The number of nitrogens with zero attached hydrogens (tertiary/aromatic N) is 4. The molecule has 0 radical (unpaired) electrons. The Balaban J connectivity index is 1.04. The highest BCUT2D eigenvalue weighted by atomic mass is 16.5. The Bertz CT molecular complexity index is 2110. The van der Waals surface area contributed by atoms with Crippen LogP contribution in [0.4, 0.5) is 9.59 Å². The maximum Gasteiger partial charge on any atom is 0.425 e. The first-order valence-electron chi connectivity index (χ1n) is 20.0. The monoisotopic (exact) mass is 778 g/mol. The zero-order chi connectivity index (χ0) is 40.5. The molecule has 1 aliphatic heterocycles. The first-order valence-corrected chi connectivity index (χ1v) is 20.0. The number of benzene rings is 2. The number of likely N-dealkylation sites (tertiary alicyclic amines) is 1. The lowest BCUT2D eigenvalue weighted by Gasteiger charge is -2.35. The zero-order valence-electron chi connectivity index (χ0n) is 33.8. The number of rotatable bonds is 10. The highest BCUT2D eigenvalue weighted by Crippen LogP contribution is 2.56. The number of ether oxygens (including phenoxy) is 2. The van der Waals surface area contributed by atoms with E-state index in [0.717, 1.165) is 83.0 Å². The highest BCUT2D eigenvalue weighted by molar-refractivity contribution is 5.86. The summed E-state index contributed by atoms with van der Waals surface area (Å²) in [5, 5.41) is 4.12. The summed E-state index contributed by atoms with van der Waals surface area (Å²) in [7, 11) is 2.58. The molecule has 3 heterocycles. The van der Waals surface area contributed by atoms with Gasteiger partial charge >= 0.3 is 12.2 Å². The third-order valence-corrected chi connectivity index (χ3v) is 12.1. The normalized spacial score (nSPS) is 21.8. The van der Waals surface area contributed by atoms with Crippen LogP contribution in [-0.2, 0) is 19.1 Å². The number of nitrogens with one attached hydrogen (secondary N) is 4. The van der Waals surface area contributed by atoms with Gasteiger partial charge in [0.05, 0.1) is 50.0 Å². The molecule has 302 valence electrons. The summed E-state index contributed by atoms with van der Waals surface area (Å²) in [5.41, 5.74) is 9.69. The van der Waals surface area contributed by atoms with Crippen LogP contribution in [-0.4, -0.2) is 86.7 Å². The van der Waals surface area contributed by atoms with Crippen LogP contribution < -0.4 is 10.7 Å². The van der Waals surface area contributed by atoms with Crippen molar-refractivity contribution in [2.75, 3.05) is 20.8 Å². The van der Waals surface area contributed by atoms with Gasteiger partial charge in [0.1, 0.15) is 17.7 Å². The molecule has 4 N–H and O–H groups in total. The zero-order valence-corrected chi connectivity index (χ0v) is 33.8. The van der Waals surface area contributed by atoms with Crippen LogP contribution in [0.25, 0.3) is 33.6 Å². The lowest BCUT2D eigenvalue weighted by atomic mass is 9.78. The number of hydrazine groups is 1. The van der Waals surface area contributed by atoms with Crippen LogP contribution in [0.15, 0.2) is 54.9 Å². The van der Waals surface area contributed by atoms with E-state index < -0.39 is 18.2 Å². The molecule has 3 aliphatic rings. The minimum Gasteiger partial charge on any atom is -0.453 e. The van der Waals surface area contributed by atoms with Gasteiger partial charge in [-0.3, -0.25) is 9.59 Å². The van der Waals surface area contributed by atoms with Crippen molar-refractivity contribution in [3.63, 3.8) is 0 Å². The summed E-state index contributed by atoms with van der Waals surface area (Å²) in [5.74, 6) is 1.49. The van der Waals surface area contributed by atoms with Crippen molar-refractivity contribution in [1.29, 1.82) is 0 Å². The van der Waals surface area contributed by atoms with E-state index in [0.29, 0.717) is 12.5 Å². The third kappa shape index (κ3) is 7.86. The van der Waals surface area contributed by atoms with E-state index >= 15 is 0 Å². The van der Waals surface area contributed by atoms with E-state index in [1.807, 2.05) is 45.0 Å². The van der Waals surface area contributed by atoms with Crippen LogP contribution in [0.2, 0.25) is 0 Å². The second kappa shape index (κ2) is 16.4. The van der Waals surface area contributed by atoms with Crippen molar-refractivity contribution in [1.82, 2.24) is 40.6 Å². The molecule has 2 bridgehead atoms. The van der Waals surface area contributed by atoms with Gasteiger partial charge in [0.25, 0.3) is 0 Å². The summed E-state index contributed by atoms with van der Waals surface area (Å²) in [6, 6.07) is 13.6. The van der Waals surface area contributed by atoms with Gasteiger partial charge in [0, 0.05) is 18.5 Å². The lowest BCUT2D eigenvalue weighted by Crippen LogP contribution is -2.53. The minimum atomic E-state index is -0.689. The Labute approximate surface area is 333 Å². The Morgan fingerprint density at radius 2 is 1.46 bits per heavy atom. The standard InChI is InChI=1S/C43H54N8O6/c1-23(2)37(48-42(54)56-6)41(53)50-18-8-9-34(50)38-44-22-33(46-38)28-16-17-31(25(5)19-28)26-10-12-27(13-11-26)32-21-45-39(47-32)35-29-14-15-30(20-29)36(35)40(52)51(24(3)4)49-43(55)57-7/h10-13,16-17,19,21-24,29-30,34-37H,8-9,14-15,18,20H2,1-7H3,(H,44,46)(H,45,47)(H,48,54)(H,49,55)/t29?,30?,34-,35?,36?,37-/m0/s1. The van der Waals surface area contributed by atoms with Crippen molar-refractivity contribution in [3.05, 3.63) is 72.1 Å². The lowest BCUT2D eigenvalue weighted by molar-refractivity contribution is -0.143. The first-order chi connectivity index (χ1) is 27.4. The Kier molecular flexibility index (Phi) is 11.4. The van der Waals surface area contributed by atoms with E-state index in [-0.39, 0.29) is 47.6 Å². The molecule has 57 heavy (non-hydrogen) atoms. The van der Waals surface area contributed by atoms with Crippen LogP contribution in [0.1, 0.15) is 89.0 Å². The molecular formula is C43H54N8O6. The summed E-state index contributed by atoms with van der Waals surface area (Å²) < 4.78 is 9.56. The maximum atomic E-state index is 13.9. The number of aromatic nitrogens is 4. The molecule has 6 atom stereocenters. The number of carbonyl (C=O) groups excluding carboxylic acids is 4. The Hall–Kier alpha value is -5.66. The molecule has 2 aromatic heterocycles. The van der Waals surface area contributed by atoms with Gasteiger partial charge in [-0.25, -0.2) is 30.0 Å². The molecule has 7 rings (SSSR count). The number of hydrogen-bond acceptors (Lipinski definition) is 8. The second-order valence-electron chi connectivity index (χ2n) is 16.3. The summed E-state index contributed by atoms with van der Waals surface area (Å²) in [6.45, 7) is 10.3. The number of fused-ring (bicyclic) bond motifs is 2. The molecule has 0 spiro atoms. The number of alkyl carbamates (subject to hydrolysis) is 1. The van der Waals surface area contributed by atoms with Gasteiger partial charge in [0.2, 0.25) is 11.8 Å². The summed E-state index contributed by atoms with van der Waals surface area (Å²) in [4.78, 5) is 70.0. The molecule has 1 saturated heterocycles. The Morgan fingerprint density at radius 3 is 2.12 bits per heavy atom. The molecule has 4 aromatic rings. The molecule has 14 heteroatoms. The summed E-state index contributed by atoms with van der Waals surface area (Å²) >= 11 is 0. The average Bonchev–Trinajstić information content (AvgIpc) is 4.06. The predicted molar refractivity (Wildman–Crippen MR) is 214 cm³/mol. The van der Waals surface area contributed by atoms with Gasteiger partial charge in [-0.1, -0.05) is 50.2 Å². The van der Waals surface area contributed by atoms with E-state index in [9.17, 15) is 19.2 Å². The highest BCUT2D eigenvalue weighted by Gasteiger charge is 2.54. The summed E-state index contributed by atoms with van der Waals surface area (Å²) in [6.07, 6.45) is 7.06.